The van der Waals surface area contributed by atoms with Gasteiger partial charge in [-0.3, -0.25) is 0 Å². The van der Waals surface area contributed by atoms with E-state index in [0.29, 0.717) is 23.9 Å². The van der Waals surface area contributed by atoms with Crippen molar-refractivity contribution in [3.63, 3.8) is 0 Å². The highest BCUT2D eigenvalue weighted by Crippen LogP contribution is 2.36. The van der Waals surface area contributed by atoms with Gasteiger partial charge in [-0.1, -0.05) is 17.7 Å². The van der Waals surface area contributed by atoms with Crippen molar-refractivity contribution in [2.45, 2.75) is 76.2 Å². The van der Waals surface area contributed by atoms with Gasteiger partial charge in [0.15, 0.2) is 0 Å². The lowest BCUT2D eigenvalue weighted by Crippen LogP contribution is -2.21. The Hall–Kier alpha value is -0.930. The van der Waals surface area contributed by atoms with Crippen molar-refractivity contribution in [2.24, 2.45) is 5.92 Å². The summed E-state index contributed by atoms with van der Waals surface area (Å²) in [6.07, 6.45) is 16.2. The Kier molecular flexibility index (Phi) is 6.67. The fourth-order valence-electron chi connectivity index (χ4n) is 4.24. The molecule has 0 saturated heterocycles. The van der Waals surface area contributed by atoms with Crippen molar-refractivity contribution in [1.82, 2.24) is 9.97 Å². The molecule has 0 amide bonds. The highest BCUT2D eigenvalue weighted by Gasteiger charge is 2.25. The molecule has 0 atom stereocenters. The van der Waals surface area contributed by atoms with E-state index in [9.17, 15) is 0 Å². The van der Waals surface area contributed by atoms with Gasteiger partial charge in [-0.2, -0.15) is 0 Å². The number of hydrogen-bond acceptors (Lipinski definition) is 3. The van der Waals surface area contributed by atoms with Gasteiger partial charge >= 0.3 is 0 Å². The van der Waals surface area contributed by atoms with Crippen LogP contribution in [0.25, 0.3) is 0 Å². The van der Waals surface area contributed by atoms with E-state index in [1.165, 1.54) is 56.9 Å². The first-order chi connectivity index (χ1) is 11.8. The largest absolute Gasteiger partial charge is 0.379 e. The van der Waals surface area contributed by atoms with E-state index < -0.39 is 0 Å². The van der Waals surface area contributed by atoms with Crippen LogP contribution in [-0.4, -0.2) is 22.7 Å². The summed E-state index contributed by atoms with van der Waals surface area (Å²) in [7, 11) is 0. The second kappa shape index (κ2) is 8.96. The van der Waals surface area contributed by atoms with Crippen LogP contribution in [0.5, 0.6) is 0 Å². The van der Waals surface area contributed by atoms with Crippen LogP contribution in [0, 0.1) is 5.92 Å². The van der Waals surface area contributed by atoms with Crippen LogP contribution in [0.2, 0.25) is 0 Å². The Labute approximate surface area is 150 Å². The number of rotatable bonds is 5. The topological polar surface area (TPSA) is 35.0 Å². The third-order valence-corrected chi connectivity index (χ3v) is 5.87. The van der Waals surface area contributed by atoms with E-state index >= 15 is 0 Å². The van der Waals surface area contributed by atoms with Crippen LogP contribution in [0.3, 0.4) is 0 Å². The molecule has 4 heteroatoms. The molecule has 0 N–H and O–H groups in total. The van der Waals surface area contributed by atoms with E-state index in [1.807, 2.05) is 0 Å². The summed E-state index contributed by atoms with van der Waals surface area (Å²) >= 11 is 5.69. The molecule has 3 nitrogen and oxygen atoms in total. The zero-order valence-electron chi connectivity index (χ0n) is 14.7. The Morgan fingerprint density at radius 3 is 2.21 bits per heavy atom. The molecule has 0 unspecified atom stereocenters. The molecular formula is C20H29ClN2O. The first-order valence-corrected chi connectivity index (χ1v) is 9.94. The molecule has 0 aromatic carbocycles. The van der Waals surface area contributed by atoms with Crippen molar-refractivity contribution >= 4 is 11.6 Å². The molecule has 0 radical (unpaired) electrons. The molecule has 1 aromatic heterocycles. The molecule has 3 rings (SSSR count). The minimum atomic E-state index is 0.462. The van der Waals surface area contributed by atoms with Gasteiger partial charge in [0.25, 0.3) is 0 Å². The van der Waals surface area contributed by atoms with Gasteiger partial charge in [-0.05, 0) is 75.7 Å². The average molecular weight is 349 g/mol. The van der Waals surface area contributed by atoms with Crippen LogP contribution < -0.4 is 0 Å². The summed E-state index contributed by atoms with van der Waals surface area (Å²) in [6, 6.07) is 0. The van der Waals surface area contributed by atoms with Crippen molar-refractivity contribution in [2.75, 3.05) is 6.61 Å². The van der Waals surface area contributed by atoms with Crippen LogP contribution >= 0.6 is 11.6 Å². The quantitative estimate of drug-likeness (QED) is 0.698. The molecule has 2 aliphatic rings. The van der Waals surface area contributed by atoms with Gasteiger partial charge in [0.05, 0.1) is 6.10 Å². The molecule has 1 aromatic rings. The molecule has 0 spiro atoms. The van der Waals surface area contributed by atoms with Crippen LogP contribution in [0.15, 0.2) is 24.0 Å². The molecule has 1 heterocycles. The van der Waals surface area contributed by atoms with Crippen molar-refractivity contribution in [1.29, 1.82) is 0 Å². The van der Waals surface area contributed by atoms with E-state index in [4.69, 9.17) is 26.3 Å². The monoisotopic (exact) mass is 348 g/mol. The van der Waals surface area contributed by atoms with Gasteiger partial charge in [-0.25, -0.2) is 9.97 Å². The van der Waals surface area contributed by atoms with Crippen LogP contribution in [0.4, 0.5) is 0 Å². The second-order valence-electron chi connectivity index (χ2n) is 7.23. The van der Waals surface area contributed by atoms with Gasteiger partial charge in [0.2, 0.25) is 0 Å². The summed E-state index contributed by atoms with van der Waals surface area (Å²) < 4.78 is 5.75. The van der Waals surface area contributed by atoms with E-state index in [1.54, 1.807) is 5.54 Å². The summed E-state index contributed by atoms with van der Waals surface area (Å²) in [4.78, 5) is 9.43. The maximum Gasteiger partial charge on any atom is 0.131 e. The maximum absolute atomic E-state index is 5.75. The molecule has 0 aliphatic heterocycles. The summed E-state index contributed by atoms with van der Waals surface area (Å²) in [6.45, 7) is 2.91. The number of nitrogens with zero attached hydrogens (tertiary/aromatic N) is 2. The minimum absolute atomic E-state index is 0.462. The van der Waals surface area contributed by atoms with E-state index in [2.05, 4.69) is 25.4 Å². The fraction of sp³-hybridized carbons (Fsp3) is 0.700. The Morgan fingerprint density at radius 1 is 1.00 bits per heavy atom. The number of hydrogen-bond donors (Lipinski definition) is 0. The van der Waals surface area contributed by atoms with Gasteiger partial charge in [0, 0.05) is 30.5 Å². The minimum Gasteiger partial charge on any atom is -0.379 e. The normalized spacial score (nSPS) is 31.4. The second-order valence-corrected chi connectivity index (χ2v) is 7.49. The van der Waals surface area contributed by atoms with E-state index in [0.717, 1.165) is 12.4 Å². The maximum atomic E-state index is 5.75. The predicted octanol–water partition coefficient (Wildman–Crippen LogP) is 5.57. The zero-order valence-corrected chi connectivity index (χ0v) is 15.4. The molecule has 24 heavy (non-hydrogen) atoms. The number of aromatic nitrogens is 2. The van der Waals surface area contributed by atoms with Gasteiger partial charge < -0.3 is 4.74 Å². The lowest BCUT2D eigenvalue weighted by molar-refractivity contribution is 0.0327. The molecular weight excluding hydrogens is 320 g/mol. The highest BCUT2D eigenvalue weighted by atomic mass is 35.5. The summed E-state index contributed by atoms with van der Waals surface area (Å²) in [5, 5.41) is 0. The summed E-state index contributed by atoms with van der Waals surface area (Å²) in [5.74, 6) is 2.81. The molecule has 2 aliphatic carbocycles. The summed E-state index contributed by atoms with van der Waals surface area (Å²) in [5.41, 5.74) is 2.98. The third-order valence-electron chi connectivity index (χ3n) is 5.72. The number of halogens is 1. The highest BCUT2D eigenvalue weighted by molar-refractivity contribution is 6.25. The first-order valence-electron chi connectivity index (χ1n) is 9.50. The first kappa shape index (κ1) is 17.9. The predicted molar refractivity (Wildman–Crippen MR) is 98.3 cm³/mol. The number of ether oxygens (including phenoxy) is 1. The van der Waals surface area contributed by atoms with Crippen LogP contribution in [0.1, 0.15) is 81.5 Å². The Morgan fingerprint density at radius 2 is 1.62 bits per heavy atom. The lowest BCUT2D eigenvalue weighted by atomic mass is 9.81. The molecule has 2 saturated carbocycles. The van der Waals surface area contributed by atoms with Crippen molar-refractivity contribution < 1.29 is 4.74 Å². The lowest BCUT2D eigenvalue weighted by Gasteiger charge is -2.29. The van der Waals surface area contributed by atoms with Gasteiger partial charge in [-0.15, -0.1) is 0 Å². The Bertz CT molecular complexity index is 515. The SMILES string of the molecule is CCO[C@H]1CC[C@H](c2cnc([C@H]3CC[C@H](/C=C/Cl)CC3)nc2)CC1. The molecule has 2 fully saturated rings. The van der Waals surface area contributed by atoms with Crippen molar-refractivity contribution in [3.05, 3.63) is 35.4 Å². The number of allylic oxidation sites excluding steroid dienone is 1. The molecule has 0 bridgehead atoms. The standard InChI is InChI=1S/C20H29ClN2O/c1-2-24-19-9-7-16(8-10-19)18-13-22-20(23-14-18)17-5-3-15(4-6-17)11-12-21/h11-17,19H,2-10H2,1H3/b12-11+/t15-,16-,17-,19-. The molecule has 132 valence electrons. The zero-order chi connectivity index (χ0) is 16.8. The fourth-order valence-corrected chi connectivity index (χ4v) is 4.45. The van der Waals surface area contributed by atoms with Crippen molar-refractivity contribution in [3.8, 4) is 0 Å². The third kappa shape index (κ3) is 4.58. The smallest absolute Gasteiger partial charge is 0.131 e. The van der Waals surface area contributed by atoms with Crippen LogP contribution in [-0.2, 0) is 4.74 Å². The Balaban J connectivity index is 1.53. The average Bonchev–Trinajstić information content (AvgIpc) is 2.64. The van der Waals surface area contributed by atoms with E-state index in [-0.39, 0.29) is 0 Å². The van der Waals surface area contributed by atoms with Gasteiger partial charge in [0.1, 0.15) is 5.82 Å².